The molecule has 33 heavy (non-hydrogen) atoms. The molecule has 2 unspecified atom stereocenters. The Morgan fingerprint density at radius 2 is 1.70 bits per heavy atom. The Bertz CT molecular complexity index is 1010. The van der Waals surface area contributed by atoms with E-state index >= 15 is 0 Å². The molecule has 0 N–H and O–H groups in total. The molecule has 0 saturated heterocycles. The summed E-state index contributed by atoms with van der Waals surface area (Å²) in [6, 6.07) is 4.43. The van der Waals surface area contributed by atoms with Crippen LogP contribution in [0.2, 0.25) is 5.02 Å². The molecule has 0 aliphatic carbocycles. The van der Waals surface area contributed by atoms with Crippen LogP contribution >= 0.6 is 23.4 Å². The van der Waals surface area contributed by atoms with Crippen LogP contribution in [0.15, 0.2) is 40.2 Å². The van der Waals surface area contributed by atoms with E-state index < -0.39 is 41.6 Å². The summed E-state index contributed by atoms with van der Waals surface area (Å²) in [5.74, 6) is -3.99. The normalized spacial score (nSPS) is 14.9. The van der Waals surface area contributed by atoms with E-state index in [0.717, 1.165) is 23.9 Å². The van der Waals surface area contributed by atoms with E-state index in [4.69, 9.17) is 11.6 Å². The van der Waals surface area contributed by atoms with Crippen molar-refractivity contribution in [2.45, 2.75) is 68.8 Å². The van der Waals surface area contributed by atoms with Crippen LogP contribution < -0.4 is 5.56 Å². The number of halogens is 7. The highest BCUT2D eigenvalue weighted by Crippen LogP contribution is 2.36. The summed E-state index contributed by atoms with van der Waals surface area (Å²) in [6.45, 7) is 6.02. The van der Waals surface area contributed by atoms with Gasteiger partial charge in [-0.3, -0.25) is 9.53 Å². The SMILES string of the molecule is CC(OC(F)C(F)(F)c1ccc(CSc2cnn(C(C)(C)C)c(=O)c2Cl)cc1)OC(F)(F)F. The van der Waals surface area contributed by atoms with Crippen molar-refractivity contribution in [1.29, 1.82) is 0 Å². The van der Waals surface area contributed by atoms with E-state index in [9.17, 15) is 31.1 Å². The molecule has 0 amide bonds. The number of benzene rings is 1. The number of nitrogens with zero attached hydrogens (tertiary/aromatic N) is 2. The van der Waals surface area contributed by atoms with Gasteiger partial charge in [0.2, 0.25) is 0 Å². The van der Waals surface area contributed by atoms with Crippen molar-refractivity contribution >= 4 is 23.4 Å². The average Bonchev–Trinajstić information content (AvgIpc) is 2.66. The lowest BCUT2D eigenvalue weighted by Gasteiger charge is -2.24. The number of hydrogen-bond acceptors (Lipinski definition) is 5. The molecule has 0 bridgehead atoms. The van der Waals surface area contributed by atoms with Gasteiger partial charge in [0.1, 0.15) is 5.02 Å². The van der Waals surface area contributed by atoms with Crippen LogP contribution in [-0.4, -0.2) is 28.8 Å². The zero-order valence-electron chi connectivity index (χ0n) is 17.9. The number of thioether (sulfide) groups is 1. The van der Waals surface area contributed by atoms with Gasteiger partial charge in [-0.05, 0) is 33.3 Å². The van der Waals surface area contributed by atoms with E-state index in [1.54, 1.807) is 20.8 Å². The van der Waals surface area contributed by atoms with Crippen LogP contribution in [0.1, 0.15) is 38.8 Å². The smallest absolute Gasteiger partial charge is 0.313 e. The Balaban J connectivity index is 2.07. The first-order chi connectivity index (χ1) is 15.0. The maximum Gasteiger partial charge on any atom is 0.524 e. The van der Waals surface area contributed by atoms with Gasteiger partial charge in [-0.15, -0.1) is 24.9 Å². The van der Waals surface area contributed by atoms with Crippen molar-refractivity contribution in [1.82, 2.24) is 9.78 Å². The van der Waals surface area contributed by atoms with Gasteiger partial charge in [-0.25, -0.2) is 9.07 Å². The fraction of sp³-hybridized carbons (Fsp3) is 0.500. The minimum atomic E-state index is -5.16. The zero-order valence-corrected chi connectivity index (χ0v) is 19.5. The van der Waals surface area contributed by atoms with Crippen molar-refractivity contribution in [3.63, 3.8) is 0 Å². The molecule has 0 spiro atoms. The first kappa shape index (κ1) is 27.5. The number of hydrogen-bond donors (Lipinski definition) is 0. The Labute approximate surface area is 195 Å². The van der Waals surface area contributed by atoms with Crippen LogP contribution in [0.25, 0.3) is 0 Å². The minimum Gasteiger partial charge on any atom is -0.313 e. The van der Waals surface area contributed by atoms with E-state index in [1.165, 1.54) is 23.0 Å². The molecule has 13 heteroatoms. The standard InChI is InChI=1S/C20H21ClF6N2O3S/c1-11(32-20(25,26)27)31-17(22)19(23,24)13-7-5-12(6-8-13)10-33-14-9-28-29(18(2,3)4)16(30)15(14)21/h5-9,11,17H,10H2,1-4H3. The zero-order chi connectivity index (χ0) is 25.2. The summed E-state index contributed by atoms with van der Waals surface area (Å²) in [7, 11) is 0. The topological polar surface area (TPSA) is 53.4 Å². The second-order valence-corrected chi connectivity index (χ2v) is 9.30. The third kappa shape index (κ3) is 7.36. The molecule has 0 aliphatic rings. The quantitative estimate of drug-likeness (QED) is 0.235. The molecule has 1 aromatic carbocycles. The largest absolute Gasteiger partial charge is 0.524 e. The molecule has 184 valence electrons. The third-order valence-corrected chi connectivity index (χ3v) is 5.73. The van der Waals surface area contributed by atoms with Gasteiger partial charge in [-0.2, -0.15) is 13.9 Å². The number of rotatable bonds is 8. The van der Waals surface area contributed by atoms with Crippen molar-refractivity contribution in [2.24, 2.45) is 0 Å². The van der Waals surface area contributed by atoms with Gasteiger partial charge < -0.3 is 4.74 Å². The summed E-state index contributed by atoms with van der Waals surface area (Å²) in [5.41, 5.74) is -1.29. The second-order valence-electron chi connectivity index (χ2n) is 7.90. The highest BCUT2D eigenvalue weighted by molar-refractivity contribution is 7.98. The Morgan fingerprint density at radius 1 is 1.12 bits per heavy atom. The predicted octanol–water partition coefficient (Wildman–Crippen LogP) is 6.23. The van der Waals surface area contributed by atoms with Gasteiger partial charge in [-0.1, -0.05) is 35.9 Å². The molecule has 2 aromatic rings. The number of ether oxygens (including phenoxy) is 2. The van der Waals surface area contributed by atoms with Crippen LogP contribution in [0.4, 0.5) is 26.3 Å². The molecule has 0 radical (unpaired) electrons. The van der Waals surface area contributed by atoms with Crippen LogP contribution in [0.5, 0.6) is 0 Å². The van der Waals surface area contributed by atoms with Crippen LogP contribution in [0, 0.1) is 0 Å². The molecule has 2 rings (SSSR count). The van der Waals surface area contributed by atoms with Crippen molar-refractivity contribution in [2.75, 3.05) is 0 Å². The number of aromatic nitrogens is 2. The summed E-state index contributed by atoms with van der Waals surface area (Å²) < 4.78 is 87.3. The van der Waals surface area contributed by atoms with E-state index in [1.807, 2.05) is 0 Å². The van der Waals surface area contributed by atoms with Crippen molar-refractivity contribution in [3.05, 3.63) is 57.0 Å². The lowest BCUT2D eigenvalue weighted by atomic mass is 10.1. The van der Waals surface area contributed by atoms with Gasteiger partial charge in [0.25, 0.3) is 11.9 Å². The summed E-state index contributed by atoms with van der Waals surface area (Å²) in [4.78, 5) is 12.8. The van der Waals surface area contributed by atoms with E-state index in [0.29, 0.717) is 17.4 Å². The molecule has 1 aromatic heterocycles. The van der Waals surface area contributed by atoms with Gasteiger partial charge >= 0.3 is 12.3 Å². The summed E-state index contributed by atoms with van der Waals surface area (Å²) in [6.07, 6.45) is -9.37. The molecule has 2 atom stereocenters. The second kappa shape index (κ2) is 10.2. The van der Waals surface area contributed by atoms with Gasteiger partial charge in [0.15, 0.2) is 6.29 Å². The van der Waals surface area contributed by atoms with Gasteiger partial charge in [0, 0.05) is 11.3 Å². The van der Waals surface area contributed by atoms with Gasteiger partial charge in [0.05, 0.1) is 16.6 Å². The monoisotopic (exact) mass is 518 g/mol. The third-order valence-electron chi connectivity index (χ3n) is 4.15. The predicted molar refractivity (Wildman–Crippen MR) is 111 cm³/mol. The lowest BCUT2D eigenvalue weighted by Crippen LogP contribution is -2.36. The highest BCUT2D eigenvalue weighted by Gasteiger charge is 2.45. The van der Waals surface area contributed by atoms with Crippen LogP contribution in [-0.2, 0) is 26.7 Å². The highest BCUT2D eigenvalue weighted by atomic mass is 35.5. The van der Waals surface area contributed by atoms with Crippen LogP contribution in [0.3, 0.4) is 0 Å². The Morgan fingerprint density at radius 3 is 2.21 bits per heavy atom. The van der Waals surface area contributed by atoms with E-state index in [2.05, 4.69) is 14.6 Å². The Kier molecular flexibility index (Phi) is 8.53. The first-order valence-electron chi connectivity index (χ1n) is 9.45. The molecule has 0 fully saturated rings. The minimum absolute atomic E-state index is 0.0271. The van der Waals surface area contributed by atoms with Crippen molar-refractivity contribution < 1.29 is 35.8 Å². The molecular formula is C20H21ClF6N2O3S. The molecule has 0 aliphatic heterocycles. The van der Waals surface area contributed by atoms with E-state index in [-0.39, 0.29) is 10.8 Å². The van der Waals surface area contributed by atoms with Crippen molar-refractivity contribution in [3.8, 4) is 0 Å². The molecule has 0 saturated carbocycles. The maximum absolute atomic E-state index is 14.3. The average molecular weight is 519 g/mol. The fourth-order valence-corrected chi connectivity index (χ4v) is 3.72. The molecular weight excluding hydrogens is 498 g/mol. The summed E-state index contributed by atoms with van der Waals surface area (Å²) >= 11 is 7.29. The molecule has 5 nitrogen and oxygen atoms in total. The number of alkyl halides is 6. The first-order valence-corrected chi connectivity index (χ1v) is 10.8. The fourth-order valence-electron chi connectivity index (χ4n) is 2.58. The lowest BCUT2D eigenvalue weighted by molar-refractivity contribution is -0.394. The Hall–Kier alpha value is -1.76. The maximum atomic E-state index is 14.3. The summed E-state index contributed by atoms with van der Waals surface area (Å²) in [5, 5.41) is 4.07. The molecule has 1 heterocycles.